The van der Waals surface area contributed by atoms with Crippen molar-refractivity contribution in [2.24, 2.45) is 0 Å². The van der Waals surface area contributed by atoms with Crippen LogP contribution < -0.4 is 10.9 Å². The minimum Gasteiger partial charge on any atom is -0.383 e. The Morgan fingerprint density at radius 3 is 2.57 bits per heavy atom. The predicted octanol–water partition coefficient (Wildman–Crippen LogP) is 1.22. The van der Waals surface area contributed by atoms with Crippen LogP contribution in [-0.2, 0) is 23.0 Å². The molecule has 1 aromatic carbocycles. The van der Waals surface area contributed by atoms with Crippen LogP contribution in [0.2, 0.25) is 0 Å². The summed E-state index contributed by atoms with van der Waals surface area (Å²) in [6.07, 6.45) is 3.30. The molecule has 0 radical (unpaired) electrons. The molecule has 0 aliphatic carbocycles. The van der Waals surface area contributed by atoms with Gasteiger partial charge in [0.2, 0.25) is 0 Å². The van der Waals surface area contributed by atoms with Gasteiger partial charge in [0.05, 0.1) is 17.6 Å². The number of H-pyrrole nitrogens is 1. The number of nitrogens with one attached hydrogen (secondary N) is 2. The first-order chi connectivity index (χ1) is 10.8. The molecule has 1 aromatic heterocycles. The molecule has 7 nitrogen and oxygen atoms in total. The molecular weight excluding hydrogens is 318 g/mol. The third-order valence-corrected chi connectivity index (χ3v) is 3.28. The summed E-state index contributed by atoms with van der Waals surface area (Å²) >= 11 is 0. The Balaban J connectivity index is 0.000000338. The average Bonchev–Trinajstić information content (AvgIpc) is 2.50. The van der Waals surface area contributed by atoms with Crippen LogP contribution in [0.4, 0.5) is 5.69 Å². The summed E-state index contributed by atoms with van der Waals surface area (Å²) in [4.78, 5) is 11.7. The Kier molecular flexibility index (Phi) is 5.51. The largest absolute Gasteiger partial charge is 0.383 e. The number of rotatable bonds is 2. The molecular formula is C15H19N3O4S. The van der Waals surface area contributed by atoms with E-state index in [0.717, 1.165) is 42.8 Å². The summed E-state index contributed by atoms with van der Waals surface area (Å²) in [5.41, 5.74) is 3.85. The van der Waals surface area contributed by atoms with E-state index in [1.165, 1.54) is 5.56 Å². The second-order valence-electron chi connectivity index (χ2n) is 5.28. The maximum Gasteiger partial charge on any atom is 0.269 e. The van der Waals surface area contributed by atoms with Gasteiger partial charge in [0, 0.05) is 18.5 Å². The van der Waals surface area contributed by atoms with E-state index in [2.05, 4.69) is 27.6 Å². The monoisotopic (exact) mass is 337 g/mol. The first-order valence-electron chi connectivity index (χ1n) is 7.15. The zero-order valence-corrected chi connectivity index (χ0v) is 13.6. The van der Waals surface area contributed by atoms with Gasteiger partial charge in [-0.05, 0) is 18.4 Å². The highest BCUT2D eigenvalue weighted by molar-refractivity contribution is 7.85. The molecule has 8 heteroatoms. The molecule has 0 bridgehead atoms. The molecule has 1 aliphatic heterocycles. The van der Waals surface area contributed by atoms with E-state index in [0.29, 0.717) is 6.26 Å². The van der Waals surface area contributed by atoms with Gasteiger partial charge in [-0.1, -0.05) is 30.3 Å². The number of nitrogens with zero attached hydrogens (tertiary/aromatic N) is 1. The van der Waals surface area contributed by atoms with E-state index in [1.54, 1.807) is 0 Å². The number of benzene rings is 1. The van der Waals surface area contributed by atoms with E-state index in [4.69, 9.17) is 4.55 Å². The zero-order chi connectivity index (χ0) is 16.9. The van der Waals surface area contributed by atoms with Gasteiger partial charge in [-0.25, -0.2) is 5.10 Å². The summed E-state index contributed by atoms with van der Waals surface area (Å²) in [6.45, 7) is 0.917. The molecule has 23 heavy (non-hydrogen) atoms. The number of aromatic amines is 1. The van der Waals surface area contributed by atoms with Gasteiger partial charge in [0.25, 0.3) is 15.7 Å². The highest BCUT2D eigenvalue weighted by atomic mass is 32.2. The summed E-state index contributed by atoms with van der Waals surface area (Å²) in [5.74, 6) is 0. The van der Waals surface area contributed by atoms with Gasteiger partial charge in [-0.2, -0.15) is 13.5 Å². The minimum absolute atomic E-state index is 0.0611. The van der Waals surface area contributed by atoms with E-state index in [9.17, 15) is 13.2 Å². The summed E-state index contributed by atoms with van der Waals surface area (Å²) in [7, 11) is -3.67. The molecule has 124 valence electrons. The van der Waals surface area contributed by atoms with Gasteiger partial charge in [0.15, 0.2) is 0 Å². The van der Waals surface area contributed by atoms with E-state index in [1.807, 2.05) is 18.2 Å². The summed E-state index contributed by atoms with van der Waals surface area (Å²) in [5, 5.41) is 10.1. The maximum absolute atomic E-state index is 11.7. The minimum atomic E-state index is -3.67. The molecule has 0 spiro atoms. The number of anilines is 1. The number of fused-ring (bicyclic) bond motifs is 1. The topological polar surface area (TPSA) is 112 Å². The second kappa shape index (κ2) is 7.38. The van der Waals surface area contributed by atoms with Gasteiger partial charge >= 0.3 is 0 Å². The van der Waals surface area contributed by atoms with E-state index in [-0.39, 0.29) is 5.56 Å². The standard InChI is InChI=1S/C14H15N3O.CH4O3S/c18-14-11-7-4-8-15-13(11)12(16-17-14)9-10-5-2-1-3-6-10;1-5(2,3)4/h1-3,5-6,15H,4,7-9H2,(H,17,18);1H3,(H,2,3,4). The van der Waals surface area contributed by atoms with Crippen LogP contribution in [0, 0.1) is 0 Å². The van der Waals surface area contributed by atoms with Crippen molar-refractivity contribution in [3.05, 3.63) is 57.5 Å². The van der Waals surface area contributed by atoms with Crippen molar-refractivity contribution in [3.63, 3.8) is 0 Å². The lowest BCUT2D eigenvalue weighted by Crippen LogP contribution is -2.25. The van der Waals surface area contributed by atoms with Crippen molar-refractivity contribution in [1.29, 1.82) is 0 Å². The molecule has 1 aliphatic rings. The van der Waals surface area contributed by atoms with Crippen LogP contribution in [0.5, 0.6) is 0 Å². The zero-order valence-electron chi connectivity index (χ0n) is 12.7. The summed E-state index contributed by atoms with van der Waals surface area (Å²) in [6, 6.07) is 10.2. The van der Waals surface area contributed by atoms with E-state index >= 15 is 0 Å². The van der Waals surface area contributed by atoms with Gasteiger partial charge in [-0.3, -0.25) is 9.35 Å². The van der Waals surface area contributed by atoms with Gasteiger partial charge in [-0.15, -0.1) is 0 Å². The molecule has 2 aromatic rings. The molecule has 3 N–H and O–H groups in total. The van der Waals surface area contributed by atoms with Gasteiger partial charge in [0.1, 0.15) is 0 Å². The lowest BCUT2D eigenvalue weighted by Gasteiger charge is -2.19. The van der Waals surface area contributed by atoms with Crippen LogP contribution in [-0.4, -0.2) is 36.0 Å². The lowest BCUT2D eigenvalue weighted by molar-refractivity contribution is 0.490. The highest BCUT2D eigenvalue weighted by Crippen LogP contribution is 2.22. The first-order valence-corrected chi connectivity index (χ1v) is 9.00. The fourth-order valence-corrected chi connectivity index (χ4v) is 2.37. The molecule has 0 saturated carbocycles. The van der Waals surface area contributed by atoms with Crippen LogP contribution in [0.3, 0.4) is 0 Å². The summed E-state index contributed by atoms with van der Waals surface area (Å²) < 4.78 is 25.9. The van der Waals surface area contributed by atoms with Crippen LogP contribution in [0.15, 0.2) is 35.1 Å². The third kappa shape index (κ3) is 5.50. The molecule has 0 saturated heterocycles. The molecule has 3 rings (SSSR count). The average molecular weight is 337 g/mol. The molecule has 2 heterocycles. The Hall–Kier alpha value is -2.19. The maximum atomic E-state index is 11.7. The third-order valence-electron chi connectivity index (χ3n) is 3.28. The normalized spacial score (nSPS) is 13.3. The highest BCUT2D eigenvalue weighted by Gasteiger charge is 2.17. The Labute approximate surface area is 134 Å². The van der Waals surface area contributed by atoms with Crippen LogP contribution in [0.25, 0.3) is 0 Å². The number of hydrogen-bond acceptors (Lipinski definition) is 5. The second-order valence-corrected chi connectivity index (χ2v) is 6.74. The van der Waals surface area contributed by atoms with Crippen molar-refractivity contribution in [1.82, 2.24) is 10.2 Å². The molecule has 0 fully saturated rings. The smallest absolute Gasteiger partial charge is 0.269 e. The fraction of sp³-hybridized carbons (Fsp3) is 0.333. The van der Waals surface area contributed by atoms with Crippen molar-refractivity contribution < 1.29 is 13.0 Å². The number of hydrogen-bond donors (Lipinski definition) is 3. The fourth-order valence-electron chi connectivity index (χ4n) is 2.37. The lowest BCUT2D eigenvalue weighted by atomic mass is 10.0. The SMILES string of the molecule is CS(=O)(=O)O.O=c1[nH]nc(Cc2ccccc2)c2c1CCCN2. The van der Waals surface area contributed by atoms with Crippen molar-refractivity contribution >= 4 is 15.8 Å². The molecule has 0 atom stereocenters. The van der Waals surface area contributed by atoms with E-state index < -0.39 is 10.1 Å². The first kappa shape index (κ1) is 17.2. The van der Waals surface area contributed by atoms with Crippen molar-refractivity contribution in [2.45, 2.75) is 19.3 Å². The predicted molar refractivity (Wildman–Crippen MR) is 88.4 cm³/mol. The Morgan fingerprint density at radius 1 is 1.26 bits per heavy atom. The van der Waals surface area contributed by atoms with Crippen LogP contribution in [0.1, 0.15) is 23.2 Å². The Morgan fingerprint density at radius 2 is 1.91 bits per heavy atom. The Bertz CT molecular complexity index is 808. The van der Waals surface area contributed by atoms with Crippen molar-refractivity contribution in [2.75, 3.05) is 18.1 Å². The number of aromatic nitrogens is 2. The molecule has 0 unspecified atom stereocenters. The quantitative estimate of drug-likeness (QED) is 0.711. The van der Waals surface area contributed by atoms with Gasteiger partial charge < -0.3 is 5.32 Å². The van der Waals surface area contributed by atoms with Crippen molar-refractivity contribution in [3.8, 4) is 0 Å². The molecule has 0 amide bonds. The van der Waals surface area contributed by atoms with Crippen LogP contribution >= 0.6 is 0 Å².